The lowest BCUT2D eigenvalue weighted by Crippen LogP contribution is -2.40. The molecule has 0 aromatic heterocycles. The van der Waals surface area contributed by atoms with E-state index in [4.69, 9.17) is 0 Å². The van der Waals surface area contributed by atoms with Crippen molar-refractivity contribution in [3.05, 3.63) is 12.2 Å². The predicted molar refractivity (Wildman–Crippen MR) is 67.1 cm³/mol. The second kappa shape index (κ2) is 6.29. The Hall–Kier alpha value is -0.340. The van der Waals surface area contributed by atoms with E-state index in [1.807, 2.05) is 7.05 Å². The molecular formula is C13H26N2. The van der Waals surface area contributed by atoms with E-state index in [1.165, 1.54) is 31.3 Å². The number of nitrogens with zero attached hydrogens (tertiary/aromatic N) is 1. The lowest BCUT2D eigenvalue weighted by atomic mass is 9.85. The largest absolute Gasteiger partial charge is 0.316 e. The lowest BCUT2D eigenvalue weighted by Gasteiger charge is -2.36. The summed E-state index contributed by atoms with van der Waals surface area (Å²) in [6, 6.07) is 0.771. The van der Waals surface area contributed by atoms with Crippen LogP contribution in [0.2, 0.25) is 0 Å². The van der Waals surface area contributed by atoms with Crippen LogP contribution in [0.1, 0.15) is 32.6 Å². The Balaban J connectivity index is 2.37. The van der Waals surface area contributed by atoms with Crippen molar-refractivity contribution in [1.82, 2.24) is 10.2 Å². The summed E-state index contributed by atoms with van der Waals surface area (Å²) in [6.07, 6.45) is 5.58. The van der Waals surface area contributed by atoms with Crippen molar-refractivity contribution >= 4 is 0 Å². The van der Waals surface area contributed by atoms with E-state index < -0.39 is 0 Å². The minimum Gasteiger partial charge on any atom is -0.316 e. The number of hydrogen-bond donors (Lipinski definition) is 1. The van der Waals surface area contributed by atoms with E-state index in [2.05, 4.69) is 30.8 Å². The standard InChI is InChI=1S/C13H26N2/c1-11(9-14-3)10-15(4)13-8-6-5-7-12(13)2/h12-14H,1,5-10H2,2-4H3. The van der Waals surface area contributed by atoms with Crippen LogP contribution < -0.4 is 5.32 Å². The molecule has 2 nitrogen and oxygen atoms in total. The summed E-state index contributed by atoms with van der Waals surface area (Å²) in [6.45, 7) is 8.46. The van der Waals surface area contributed by atoms with Crippen LogP contribution in [0.5, 0.6) is 0 Å². The van der Waals surface area contributed by atoms with Gasteiger partial charge < -0.3 is 5.32 Å². The van der Waals surface area contributed by atoms with Gasteiger partial charge in [0.2, 0.25) is 0 Å². The van der Waals surface area contributed by atoms with Crippen molar-refractivity contribution in [2.24, 2.45) is 5.92 Å². The zero-order valence-electron chi connectivity index (χ0n) is 10.6. The normalized spacial score (nSPS) is 26.9. The van der Waals surface area contributed by atoms with Crippen molar-refractivity contribution in [3.63, 3.8) is 0 Å². The van der Waals surface area contributed by atoms with Crippen LogP contribution >= 0.6 is 0 Å². The van der Waals surface area contributed by atoms with Crippen molar-refractivity contribution < 1.29 is 0 Å². The molecule has 1 fully saturated rings. The lowest BCUT2D eigenvalue weighted by molar-refractivity contribution is 0.149. The molecule has 0 spiro atoms. The van der Waals surface area contributed by atoms with Crippen LogP contribution in [0, 0.1) is 5.92 Å². The van der Waals surface area contributed by atoms with Gasteiger partial charge in [-0.3, -0.25) is 4.90 Å². The third-order valence-electron chi connectivity index (χ3n) is 3.53. The summed E-state index contributed by atoms with van der Waals surface area (Å²) in [5, 5.41) is 3.16. The molecule has 1 saturated carbocycles. The highest BCUT2D eigenvalue weighted by molar-refractivity contribution is 5.00. The Labute approximate surface area is 94.7 Å². The van der Waals surface area contributed by atoms with Crippen molar-refractivity contribution in [2.45, 2.75) is 38.6 Å². The van der Waals surface area contributed by atoms with Crippen LogP contribution in [-0.2, 0) is 0 Å². The van der Waals surface area contributed by atoms with Crippen molar-refractivity contribution in [3.8, 4) is 0 Å². The van der Waals surface area contributed by atoms with E-state index >= 15 is 0 Å². The summed E-state index contributed by atoms with van der Waals surface area (Å²) >= 11 is 0. The summed E-state index contributed by atoms with van der Waals surface area (Å²) in [5.41, 5.74) is 1.29. The fourth-order valence-corrected chi connectivity index (χ4v) is 2.73. The first-order valence-corrected chi connectivity index (χ1v) is 6.16. The van der Waals surface area contributed by atoms with Gasteiger partial charge in [-0.15, -0.1) is 0 Å². The van der Waals surface area contributed by atoms with Crippen LogP contribution in [-0.4, -0.2) is 38.1 Å². The first-order valence-electron chi connectivity index (χ1n) is 6.16. The van der Waals surface area contributed by atoms with Gasteiger partial charge in [-0.05, 0) is 38.4 Å². The summed E-state index contributed by atoms with van der Waals surface area (Å²) < 4.78 is 0. The van der Waals surface area contributed by atoms with Crippen LogP contribution in [0.4, 0.5) is 0 Å². The summed E-state index contributed by atoms with van der Waals surface area (Å²) in [7, 11) is 4.22. The fourth-order valence-electron chi connectivity index (χ4n) is 2.73. The van der Waals surface area contributed by atoms with Gasteiger partial charge in [-0.25, -0.2) is 0 Å². The molecule has 0 saturated heterocycles. The molecule has 15 heavy (non-hydrogen) atoms. The van der Waals surface area contributed by atoms with E-state index in [0.717, 1.165) is 25.0 Å². The number of hydrogen-bond acceptors (Lipinski definition) is 2. The maximum Gasteiger partial charge on any atom is 0.0202 e. The maximum atomic E-state index is 4.10. The minimum atomic E-state index is 0.771. The zero-order chi connectivity index (χ0) is 11.3. The van der Waals surface area contributed by atoms with Crippen molar-refractivity contribution in [1.29, 1.82) is 0 Å². The Morgan fingerprint density at radius 2 is 2.07 bits per heavy atom. The van der Waals surface area contributed by atoms with Gasteiger partial charge >= 0.3 is 0 Å². The van der Waals surface area contributed by atoms with Gasteiger partial charge in [0.05, 0.1) is 0 Å². The van der Waals surface area contributed by atoms with Crippen LogP contribution in [0.15, 0.2) is 12.2 Å². The first-order chi connectivity index (χ1) is 7.15. The van der Waals surface area contributed by atoms with Gasteiger partial charge in [0.1, 0.15) is 0 Å². The Kier molecular flexibility index (Phi) is 5.34. The van der Waals surface area contributed by atoms with Gasteiger partial charge in [0, 0.05) is 19.1 Å². The number of nitrogens with one attached hydrogen (secondary N) is 1. The molecule has 2 unspecified atom stereocenters. The van der Waals surface area contributed by atoms with Crippen LogP contribution in [0.3, 0.4) is 0 Å². The molecule has 0 heterocycles. The quantitative estimate of drug-likeness (QED) is 0.700. The van der Waals surface area contributed by atoms with Crippen LogP contribution in [0.25, 0.3) is 0 Å². The molecule has 2 heteroatoms. The Morgan fingerprint density at radius 3 is 2.67 bits per heavy atom. The first kappa shape index (κ1) is 12.7. The summed E-state index contributed by atoms with van der Waals surface area (Å²) in [5.74, 6) is 0.853. The molecule has 88 valence electrons. The van der Waals surface area contributed by atoms with E-state index in [1.54, 1.807) is 0 Å². The van der Waals surface area contributed by atoms with Crippen molar-refractivity contribution in [2.75, 3.05) is 27.2 Å². The average molecular weight is 210 g/mol. The topological polar surface area (TPSA) is 15.3 Å². The predicted octanol–water partition coefficient (Wildman–Crippen LogP) is 2.27. The maximum absolute atomic E-state index is 4.10. The fraction of sp³-hybridized carbons (Fsp3) is 0.846. The molecule has 0 aromatic carbocycles. The Bertz CT molecular complexity index is 201. The average Bonchev–Trinajstić information content (AvgIpc) is 2.18. The van der Waals surface area contributed by atoms with Gasteiger partial charge in [-0.1, -0.05) is 26.3 Å². The molecule has 1 rings (SSSR count). The molecule has 1 aliphatic rings. The highest BCUT2D eigenvalue weighted by Gasteiger charge is 2.24. The zero-order valence-corrected chi connectivity index (χ0v) is 10.6. The highest BCUT2D eigenvalue weighted by atomic mass is 15.1. The van der Waals surface area contributed by atoms with Gasteiger partial charge in [-0.2, -0.15) is 0 Å². The second-order valence-corrected chi connectivity index (χ2v) is 5.02. The third-order valence-corrected chi connectivity index (χ3v) is 3.53. The highest BCUT2D eigenvalue weighted by Crippen LogP contribution is 2.27. The molecule has 1 N–H and O–H groups in total. The molecule has 0 amide bonds. The van der Waals surface area contributed by atoms with Gasteiger partial charge in [0.25, 0.3) is 0 Å². The Morgan fingerprint density at radius 1 is 1.40 bits per heavy atom. The molecule has 0 aliphatic heterocycles. The monoisotopic (exact) mass is 210 g/mol. The molecule has 1 aliphatic carbocycles. The molecular weight excluding hydrogens is 184 g/mol. The molecule has 0 aromatic rings. The minimum absolute atomic E-state index is 0.771. The molecule has 2 atom stereocenters. The summed E-state index contributed by atoms with van der Waals surface area (Å²) in [4.78, 5) is 2.49. The number of likely N-dealkylation sites (N-methyl/N-ethyl adjacent to an activating group) is 2. The smallest absolute Gasteiger partial charge is 0.0202 e. The molecule has 0 bridgehead atoms. The number of rotatable bonds is 5. The van der Waals surface area contributed by atoms with E-state index in [9.17, 15) is 0 Å². The third kappa shape index (κ3) is 3.96. The van der Waals surface area contributed by atoms with E-state index in [0.29, 0.717) is 0 Å². The van der Waals surface area contributed by atoms with Gasteiger partial charge in [0.15, 0.2) is 0 Å². The van der Waals surface area contributed by atoms with E-state index in [-0.39, 0.29) is 0 Å². The SMILES string of the molecule is C=C(CNC)CN(C)C1CCCCC1C. The molecule has 0 radical (unpaired) electrons. The second-order valence-electron chi connectivity index (χ2n) is 5.02.